The Hall–Kier alpha value is -3.91. The fourth-order valence-corrected chi connectivity index (χ4v) is 4.33. The number of benzene rings is 3. The van der Waals surface area contributed by atoms with Gasteiger partial charge in [-0.15, -0.1) is 5.10 Å². The minimum Gasteiger partial charge on any atom is -0.497 e. The molecule has 1 unspecified atom stereocenters. The normalized spacial score (nSPS) is 12.2. The van der Waals surface area contributed by atoms with E-state index in [1.54, 1.807) is 47.0 Å². The zero-order valence-corrected chi connectivity index (χ0v) is 22.8. The molecule has 0 saturated carbocycles. The van der Waals surface area contributed by atoms with Gasteiger partial charge in [0, 0.05) is 17.1 Å². The Kier molecular flexibility index (Phi) is 8.32. The largest absolute Gasteiger partial charge is 0.497 e. The molecular formula is C29H32ClN5O3. The average Bonchev–Trinajstić information content (AvgIpc) is 3.32. The molecule has 0 fully saturated rings. The van der Waals surface area contributed by atoms with Gasteiger partial charge in [-0.1, -0.05) is 66.2 Å². The number of nitrogens with zero attached hydrogens (tertiary/aromatic N) is 4. The lowest BCUT2D eigenvalue weighted by Crippen LogP contribution is -2.50. The third kappa shape index (κ3) is 6.14. The van der Waals surface area contributed by atoms with Crippen LogP contribution in [0.5, 0.6) is 5.75 Å². The number of carbonyl (C=O) groups excluding carboxylic acids is 2. The summed E-state index contributed by atoms with van der Waals surface area (Å²) in [5.41, 5.74) is 2.33. The van der Waals surface area contributed by atoms with Crippen LogP contribution in [0.3, 0.4) is 0 Å². The molecule has 0 radical (unpaired) electrons. The van der Waals surface area contributed by atoms with Gasteiger partial charge in [-0.25, -0.2) is 4.68 Å². The minimum atomic E-state index is -0.926. The zero-order valence-electron chi connectivity index (χ0n) is 22.0. The van der Waals surface area contributed by atoms with Gasteiger partial charge in [0.2, 0.25) is 11.8 Å². The van der Waals surface area contributed by atoms with Crippen LogP contribution in [0.1, 0.15) is 44.4 Å². The van der Waals surface area contributed by atoms with E-state index in [1.807, 2.05) is 63.2 Å². The highest BCUT2D eigenvalue weighted by Crippen LogP contribution is 2.29. The topological polar surface area (TPSA) is 89.4 Å². The third-order valence-electron chi connectivity index (χ3n) is 6.66. The number of para-hydroxylation sites is 1. The van der Waals surface area contributed by atoms with E-state index in [9.17, 15) is 9.59 Å². The summed E-state index contributed by atoms with van der Waals surface area (Å²) in [4.78, 5) is 29.5. The van der Waals surface area contributed by atoms with E-state index in [-0.39, 0.29) is 24.9 Å². The van der Waals surface area contributed by atoms with Gasteiger partial charge in [0.1, 0.15) is 23.9 Å². The molecule has 0 aliphatic rings. The van der Waals surface area contributed by atoms with Gasteiger partial charge in [0.25, 0.3) is 0 Å². The quantitative estimate of drug-likeness (QED) is 0.304. The molecular weight excluding hydrogens is 502 g/mol. The second-order valence-electron chi connectivity index (χ2n) is 9.75. The lowest BCUT2D eigenvalue weighted by molar-refractivity contribution is -0.143. The average molecular weight is 534 g/mol. The van der Waals surface area contributed by atoms with Crippen molar-refractivity contribution in [3.63, 3.8) is 0 Å². The van der Waals surface area contributed by atoms with Crippen LogP contribution >= 0.6 is 11.6 Å². The molecule has 2 amide bonds. The summed E-state index contributed by atoms with van der Waals surface area (Å²) in [6.45, 7) is 5.95. The van der Waals surface area contributed by atoms with Crippen LogP contribution in [0.15, 0.2) is 72.8 Å². The van der Waals surface area contributed by atoms with Crippen molar-refractivity contribution in [3.8, 4) is 5.75 Å². The second kappa shape index (κ2) is 11.6. The molecule has 0 saturated heterocycles. The van der Waals surface area contributed by atoms with E-state index in [0.29, 0.717) is 21.9 Å². The minimum absolute atomic E-state index is 0.0952. The number of ether oxygens (including phenoxy) is 1. The Labute approximate surface area is 227 Å². The van der Waals surface area contributed by atoms with Gasteiger partial charge in [-0.3, -0.25) is 9.59 Å². The van der Waals surface area contributed by atoms with Crippen LogP contribution in [0.2, 0.25) is 5.02 Å². The Balaban J connectivity index is 1.78. The van der Waals surface area contributed by atoms with Crippen molar-refractivity contribution in [2.45, 2.75) is 51.9 Å². The van der Waals surface area contributed by atoms with Crippen LogP contribution < -0.4 is 10.1 Å². The standard InChI is InChI=1S/C29H32ClN5O3/c1-5-29(2,3)31-28(37)27(20-14-16-22(38-4)17-15-20)34(18-21-10-6-7-11-23(21)30)26(36)19-35-25-13-9-8-12-24(25)32-33-35/h6-17,27H,5,18-19H2,1-4H3,(H,31,37). The summed E-state index contributed by atoms with van der Waals surface area (Å²) < 4.78 is 6.87. The molecule has 0 aliphatic heterocycles. The van der Waals surface area contributed by atoms with E-state index in [4.69, 9.17) is 16.3 Å². The van der Waals surface area contributed by atoms with Gasteiger partial charge in [-0.05, 0) is 61.7 Å². The first-order chi connectivity index (χ1) is 18.2. The second-order valence-corrected chi connectivity index (χ2v) is 10.2. The molecule has 3 aromatic carbocycles. The molecule has 0 bridgehead atoms. The maximum Gasteiger partial charge on any atom is 0.247 e. The van der Waals surface area contributed by atoms with Crippen LogP contribution in [0, 0.1) is 0 Å². The Bertz CT molecular complexity index is 1420. The van der Waals surface area contributed by atoms with Crippen LogP contribution in [0.4, 0.5) is 0 Å². The summed E-state index contributed by atoms with van der Waals surface area (Å²) >= 11 is 6.51. The van der Waals surface area contributed by atoms with Crippen molar-refractivity contribution in [2.24, 2.45) is 0 Å². The van der Waals surface area contributed by atoms with Gasteiger partial charge >= 0.3 is 0 Å². The summed E-state index contributed by atoms with van der Waals surface area (Å²) in [5, 5.41) is 12.0. The number of amides is 2. The van der Waals surface area contributed by atoms with Crippen molar-refractivity contribution in [1.82, 2.24) is 25.2 Å². The number of fused-ring (bicyclic) bond motifs is 1. The molecule has 1 aromatic heterocycles. The predicted octanol–water partition coefficient (Wildman–Crippen LogP) is 5.17. The first-order valence-corrected chi connectivity index (χ1v) is 12.9. The summed E-state index contributed by atoms with van der Waals surface area (Å²) in [7, 11) is 1.58. The molecule has 0 aliphatic carbocycles. The summed E-state index contributed by atoms with van der Waals surface area (Å²) in [6, 6.07) is 21.0. The van der Waals surface area contributed by atoms with E-state index in [2.05, 4.69) is 15.6 Å². The highest BCUT2D eigenvalue weighted by molar-refractivity contribution is 6.31. The predicted molar refractivity (Wildman–Crippen MR) is 148 cm³/mol. The van der Waals surface area contributed by atoms with Crippen molar-refractivity contribution in [2.75, 3.05) is 7.11 Å². The number of aromatic nitrogens is 3. The van der Waals surface area contributed by atoms with E-state index >= 15 is 0 Å². The van der Waals surface area contributed by atoms with Crippen molar-refractivity contribution >= 4 is 34.4 Å². The molecule has 9 heteroatoms. The number of methoxy groups -OCH3 is 1. The lowest BCUT2D eigenvalue weighted by Gasteiger charge is -2.35. The zero-order chi connectivity index (χ0) is 27.3. The highest BCUT2D eigenvalue weighted by atomic mass is 35.5. The maximum atomic E-state index is 14.0. The SMILES string of the molecule is CCC(C)(C)NC(=O)C(c1ccc(OC)cc1)N(Cc1ccccc1Cl)C(=O)Cn1nnc2ccccc21. The molecule has 4 rings (SSSR count). The number of hydrogen-bond donors (Lipinski definition) is 1. The van der Waals surface area contributed by atoms with E-state index in [0.717, 1.165) is 17.5 Å². The molecule has 4 aromatic rings. The van der Waals surface area contributed by atoms with Gasteiger partial charge in [0.05, 0.1) is 12.6 Å². The molecule has 0 spiro atoms. The van der Waals surface area contributed by atoms with Gasteiger partial charge in [-0.2, -0.15) is 0 Å². The Morgan fingerprint density at radius 1 is 1.05 bits per heavy atom. The smallest absolute Gasteiger partial charge is 0.247 e. The first-order valence-electron chi connectivity index (χ1n) is 12.5. The molecule has 1 atom stereocenters. The fourth-order valence-electron chi connectivity index (χ4n) is 4.14. The number of halogens is 1. The molecule has 38 heavy (non-hydrogen) atoms. The molecule has 1 heterocycles. The Morgan fingerprint density at radius 3 is 2.42 bits per heavy atom. The molecule has 1 N–H and O–H groups in total. The van der Waals surface area contributed by atoms with E-state index in [1.165, 1.54) is 0 Å². The molecule has 8 nitrogen and oxygen atoms in total. The number of rotatable bonds is 10. The number of nitrogens with one attached hydrogen (secondary N) is 1. The van der Waals surface area contributed by atoms with Gasteiger partial charge in [0.15, 0.2) is 0 Å². The Morgan fingerprint density at radius 2 is 1.74 bits per heavy atom. The highest BCUT2D eigenvalue weighted by Gasteiger charge is 2.34. The first kappa shape index (κ1) is 27.1. The fraction of sp³-hybridized carbons (Fsp3) is 0.310. The molecule has 198 valence electrons. The van der Waals surface area contributed by atoms with Crippen LogP contribution in [0.25, 0.3) is 11.0 Å². The van der Waals surface area contributed by atoms with Crippen LogP contribution in [-0.2, 0) is 22.7 Å². The van der Waals surface area contributed by atoms with Crippen molar-refractivity contribution < 1.29 is 14.3 Å². The van der Waals surface area contributed by atoms with Gasteiger partial charge < -0.3 is 15.0 Å². The number of hydrogen-bond acceptors (Lipinski definition) is 5. The summed E-state index contributed by atoms with van der Waals surface area (Å²) in [5.74, 6) is 0.0663. The maximum absolute atomic E-state index is 14.0. The van der Waals surface area contributed by atoms with Crippen LogP contribution in [-0.4, -0.2) is 44.4 Å². The lowest BCUT2D eigenvalue weighted by atomic mass is 9.98. The van der Waals surface area contributed by atoms with Crippen molar-refractivity contribution in [3.05, 3.63) is 88.9 Å². The summed E-state index contributed by atoms with van der Waals surface area (Å²) in [6.07, 6.45) is 0.720. The number of carbonyl (C=O) groups is 2. The third-order valence-corrected chi connectivity index (χ3v) is 7.03. The van der Waals surface area contributed by atoms with E-state index < -0.39 is 11.6 Å². The monoisotopic (exact) mass is 533 g/mol. The van der Waals surface area contributed by atoms with Crippen molar-refractivity contribution in [1.29, 1.82) is 0 Å².